The summed E-state index contributed by atoms with van der Waals surface area (Å²) in [6, 6.07) is -0.562. The molecule has 1 atom stereocenters. The molecule has 1 unspecified atom stereocenters. The van der Waals surface area contributed by atoms with Gasteiger partial charge in [-0.15, -0.1) is 0 Å². The first-order chi connectivity index (χ1) is 9.96. The highest BCUT2D eigenvalue weighted by molar-refractivity contribution is 6.07. The van der Waals surface area contributed by atoms with E-state index in [-0.39, 0.29) is 12.5 Å². The van der Waals surface area contributed by atoms with Crippen molar-refractivity contribution in [1.82, 2.24) is 20.7 Å². The summed E-state index contributed by atoms with van der Waals surface area (Å²) in [5.74, 6) is -0.722. The monoisotopic (exact) mass is 296 g/mol. The van der Waals surface area contributed by atoms with Crippen LogP contribution in [0.4, 0.5) is 4.79 Å². The third-order valence-electron chi connectivity index (χ3n) is 4.27. The third-order valence-corrected chi connectivity index (χ3v) is 4.27. The van der Waals surface area contributed by atoms with Crippen LogP contribution >= 0.6 is 0 Å². The topological polar surface area (TPSA) is 81.8 Å². The molecule has 7 heteroatoms. The first kappa shape index (κ1) is 15.8. The average Bonchev–Trinajstić information content (AvgIpc) is 2.66. The van der Waals surface area contributed by atoms with Crippen LogP contribution in [0.2, 0.25) is 0 Å². The molecule has 0 aromatic heterocycles. The Morgan fingerprint density at radius 3 is 2.38 bits per heavy atom. The largest absolute Gasteiger partial charge is 0.344 e. The van der Waals surface area contributed by atoms with Crippen molar-refractivity contribution in [3.05, 3.63) is 0 Å². The van der Waals surface area contributed by atoms with Gasteiger partial charge in [0.15, 0.2) is 0 Å². The van der Waals surface area contributed by atoms with Gasteiger partial charge in [0, 0.05) is 0 Å². The van der Waals surface area contributed by atoms with Crippen molar-refractivity contribution < 1.29 is 14.4 Å². The van der Waals surface area contributed by atoms with Crippen molar-refractivity contribution in [2.75, 3.05) is 19.6 Å². The number of rotatable bonds is 4. The zero-order valence-corrected chi connectivity index (χ0v) is 12.8. The standard InChI is InChI=1S/C14H24N4O3/c1-3-14(2)12(20)18(13(21)15-14)16-11(19)10-17-8-6-4-5-7-9-17/h3-10H2,1-2H3,(H,15,21)(H,16,19). The maximum Gasteiger partial charge on any atom is 0.344 e. The van der Waals surface area contributed by atoms with Crippen LogP contribution in [-0.2, 0) is 9.59 Å². The molecule has 0 aliphatic carbocycles. The third kappa shape index (κ3) is 3.53. The fourth-order valence-electron chi connectivity index (χ4n) is 2.68. The number of carbonyl (C=O) groups is 3. The molecule has 0 bridgehead atoms. The predicted octanol–water partition coefficient (Wildman–Crippen LogP) is 0.614. The van der Waals surface area contributed by atoms with Crippen LogP contribution < -0.4 is 10.7 Å². The zero-order valence-electron chi connectivity index (χ0n) is 12.8. The number of hydrazine groups is 1. The average molecular weight is 296 g/mol. The van der Waals surface area contributed by atoms with Gasteiger partial charge in [-0.05, 0) is 39.3 Å². The van der Waals surface area contributed by atoms with Gasteiger partial charge in [0.05, 0.1) is 6.54 Å². The van der Waals surface area contributed by atoms with E-state index in [2.05, 4.69) is 15.6 Å². The molecular weight excluding hydrogens is 272 g/mol. The van der Waals surface area contributed by atoms with Gasteiger partial charge in [-0.3, -0.25) is 19.9 Å². The maximum absolute atomic E-state index is 12.2. The van der Waals surface area contributed by atoms with Gasteiger partial charge in [0.1, 0.15) is 5.54 Å². The molecule has 2 aliphatic heterocycles. The van der Waals surface area contributed by atoms with E-state index in [0.29, 0.717) is 6.42 Å². The van der Waals surface area contributed by atoms with Crippen LogP contribution in [0.3, 0.4) is 0 Å². The van der Waals surface area contributed by atoms with Gasteiger partial charge >= 0.3 is 6.03 Å². The summed E-state index contributed by atoms with van der Waals surface area (Å²) in [5.41, 5.74) is 1.50. The van der Waals surface area contributed by atoms with E-state index in [9.17, 15) is 14.4 Å². The van der Waals surface area contributed by atoms with Crippen LogP contribution in [0.1, 0.15) is 46.0 Å². The number of nitrogens with one attached hydrogen (secondary N) is 2. The fourth-order valence-corrected chi connectivity index (χ4v) is 2.68. The van der Waals surface area contributed by atoms with Crippen LogP contribution in [0.15, 0.2) is 0 Å². The maximum atomic E-state index is 12.2. The normalized spacial score (nSPS) is 27.4. The van der Waals surface area contributed by atoms with E-state index in [1.54, 1.807) is 6.92 Å². The van der Waals surface area contributed by atoms with E-state index in [0.717, 1.165) is 30.9 Å². The Kier molecular flexibility index (Phi) is 4.82. The summed E-state index contributed by atoms with van der Waals surface area (Å²) in [6.45, 7) is 5.48. The van der Waals surface area contributed by atoms with Gasteiger partial charge in [-0.2, -0.15) is 5.01 Å². The highest BCUT2D eigenvalue weighted by Gasteiger charge is 2.47. The first-order valence-electron chi connectivity index (χ1n) is 7.65. The smallest absolute Gasteiger partial charge is 0.322 e. The molecule has 0 aromatic carbocycles. The van der Waals surface area contributed by atoms with E-state index >= 15 is 0 Å². The summed E-state index contributed by atoms with van der Waals surface area (Å²) in [4.78, 5) is 38.1. The second-order valence-electron chi connectivity index (χ2n) is 5.98. The second-order valence-corrected chi connectivity index (χ2v) is 5.98. The number of nitrogens with zero attached hydrogens (tertiary/aromatic N) is 2. The summed E-state index contributed by atoms with van der Waals surface area (Å²) in [6.07, 6.45) is 5.05. The van der Waals surface area contributed by atoms with Gasteiger partial charge in [-0.25, -0.2) is 4.79 Å². The highest BCUT2D eigenvalue weighted by atomic mass is 16.2. The molecule has 2 N–H and O–H groups in total. The Morgan fingerprint density at radius 1 is 1.24 bits per heavy atom. The minimum Gasteiger partial charge on any atom is -0.322 e. The van der Waals surface area contributed by atoms with Gasteiger partial charge in [0.25, 0.3) is 11.8 Å². The predicted molar refractivity (Wildman–Crippen MR) is 77.1 cm³/mol. The Bertz CT molecular complexity index is 432. The van der Waals surface area contributed by atoms with Gasteiger partial charge in [0.2, 0.25) is 0 Å². The Labute approximate surface area is 125 Å². The number of urea groups is 1. The molecule has 0 aromatic rings. The summed E-state index contributed by atoms with van der Waals surface area (Å²) >= 11 is 0. The second kappa shape index (κ2) is 6.43. The number of amides is 4. The minimum atomic E-state index is -0.924. The number of hydrogen-bond donors (Lipinski definition) is 2. The van der Waals surface area contributed by atoms with Gasteiger partial charge < -0.3 is 5.32 Å². The summed E-state index contributed by atoms with van der Waals surface area (Å²) < 4.78 is 0. The van der Waals surface area contributed by atoms with E-state index < -0.39 is 17.5 Å². The molecular formula is C14H24N4O3. The zero-order chi connectivity index (χ0) is 15.5. The van der Waals surface area contributed by atoms with E-state index in [1.807, 2.05) is 6.92 Å². The molecule has 2 saturated heterocycles. The molecule has 2 rings (SSSR count). The fraction of sp³-hybridized carbons (Fsp3) is 0.786. The summed E-state index contributed by atoms with van der Waals surface area (Å²) in [7, 11) is 0. The highest BCUT2D eigenvalue weighted by Crippen LogP contribution is 2.19. The Hall–Kier alpha value is -1.63. The van der Waals surface area contributed by atoms with E-state index in [1.165, 1.54) is 12.8 Å². The molecule has 2 aliphatic rings. The lowest BCUT2D eigenvalue weighted by atomic mass is 10.00. The number of hydrogen-bond acceptors (Lipinski definition) is 4. The van der Waals surface area contributed by atoms with Gasteiger partial charge in [-0.1, -0.05) is 19.8 Å². The molecule has 0 saturated carbocycles. The van der Waals surface area contributed by atoms with Crippen molar-refractivity contribution in [3.63, 3.8) is 0 Å². The van der Waals surface area contributed by atoms with Crippen LogP contribution in [0.5, 0.6) is 0 Å². The lowest BCUT2D eigenvalue weighted by Gasteiger charge is -2.22. The van der Waals surface area contributed by atoms with Crippen molar-refractivity contribution in [1.29, 1.82) is 0 Å². The molecule has 21 heavy (non-hydrogen) atoms. The Morgan fingerprint density at radius 2 is 1.86 bits per heavy atom. The number of likely N-dealkylation sites (tertiary alicyclic amines) is 1. The molecule has 2 fully saturated rings. The quantitative estimate of drug-likeness (QED) is 0.745. The summed E-state index contributed by atoms with van der Waals surface area (Å²) in [5, 5.41) is 3.42. The first-order valence-corrected chi connectivity index (χ1v) is 7.65. The molecule has 118 valence electrons. The molecule has 0 spiro atoms. The molecule has 2 heterocycles. The lowest BCUT2D eigenvalue weighted by molar-refractivity contribution is -0.139. The van der Waals surface area contributed by atoms with Crippen LogP contribution in [-0.4, -0.2) is 52.9 Å². The molecule has 0 radical (unpaired) electrons. The van der Waals surface area contributed by atoms with Crippen molar-refractivity contribution in [3.8, 4) is 0 Å². The van der Waals surface area contributed by atoms with Crippen molar-refractivity contribution in [2.24, 2.45) is 0 Å². The molecule has 4 amide bonds. The van der Waals surface area contributed by atoms with Crippen molar-refractivity contribution in [2.45, 2.75) is 51.5 Å². The number of imide groups is 1. The SMILES string of the molecule is CCC1(C)NC(=O)N(NC(=O)CN2CCCCCC2)C1=O. The lowest BCUT2D eigenvalue weighted by Crippen LogP contribution is -2.51. The van der Waals surface area contributed by atoms with Crippen LogP contribution in [0, 0.1) is 0 Å². The van der Waals surface area contributed by atoms with E-state index in [4.69, 9.17) is 0 Å². The number of carbonyl (C=O) groups excluding carboxylic acids is 3. The van der Waals surface area contributed by atoms with Crippen LogP contribution in [0.25, 0.3) is 0 Å². The minimum absolute atomic E-state index is 0.222. The Balaban J connectivity index is 1.90. The van der Waals surface area contributed by atoms with Crippen molar-refractivity contribution >= 4 is 17.8 Å². The molecule has 7 nitrogen and oxygen atoms in total.